The van der Waals surface area contributed by atoms with Crippen LogP contribution >= 0.6 is 0 Å². The van der Waals surface area contributed by atoms with Gasteiger partial charge in [-0.15, -0.1) is 0 Å². The van der Waals surface area contributed by atoms with Gasteiger partial charge in [-0.1, -0.05) is 44.6 Å². The molecular weight excluding hydrogens is 420 g/mol. The Morgan fingerprint density at radius 3 is 1.85 bits per heavy atom. The lowest BCUT2D eigenvalue weighted by atomic mass is 9.79. The summed E-state index contributed by atoms with van der Waals surface area (Å²) in [6, 6.07) is 15.3. The summed E-state index contributed by atoms with van der Waals surface area (Å²) in [6.45, 7) is 1.70. The van der Waals surface area contributed by atoms with Gasteiger partial charge in [0, 0.05) is 30.1 Å². The lowest BCUT2D eigenvalue weighted by molar-refractivity contribution is 0.1000. The molecule has 1 atom stereocenters. The fourth-order valence-electron chi connectivity index (χ4n) is 6.32. The first-order valence-corrected chi connectivity index (χ1v) is 13.6. The molecule has 4 nitrogen and oxygen atoms in total. The number of hydrogen-bond acceptors (Lipinski definition) is 3. The van der Waals surface area contributed by atoms with Crippen molar-refractivity contribution in [3.05, 3.63) is 59.2 Å². The quantitative estimate of drug-likeness (QED) is 0.475. The van der Waals surface area contributed by atoms with E-state index >= 15 is 0 Å². The van der Waals surface area contributed by atoms with E-state index in [2.05, 4.69) is 23.1 Å². The minimum absolute atomic E-state index is 0.243. The maximum atomic E-state index is 11.7. The summed E-state index contributed by atoms with van der Waals surface area (Å²) < 4.78 is 6.07. The zero-order valence-corrected chi connectivity index (χ0v) is 20.5. The second-order valence-electron chi connectivity index (χ2n) is 10.7. The number of carbonyl (C=O) groups excluding carboxylic acids is 1. The SMILES string of the molecule is NC(=O)c1ccc(N(CC2CCCO2)c2cc(C3CCCCC3)cc(C3CCCCC3)c2)cc1. The smallest absolute Gasteiger partial charge is 0.248 e. The molecule has 3 fully saturated rings. The zero-order chi connectivity index (χ0) is 23.3. The maximum absolute atomic E-state index is 11.7. The number of rotatable bonds is 7. The first-order chi connectivity index (χ1) is 16.7. The monoisotopic (exact) mass is 460 g/mol. The molecule has 2 aromatic rings. The van der Waals surface area contributed by atoms with Gasteiger partial charge in [-0.3, -0.25) is 4.79 Å². The number of benzene rings is 2. The second kappa shape index (κ2) is 10.9. The highest BCUT2D eigenvalue weighted by Crippen LogP contribution is 2.41. The van der Waals surface area contributed by atoms with E-state index in [1.165, 1.54) is 81.0 Å². The summed E-state index contributed by atoms with van der Waals surface area (Å²) in [5.41, 5.74) is 11.5. The second-order valence-corrected chi connectivity index (χ2v) is 10.7. The highest BCUT2D eigenvalue weighted by Gasteiger charge is 2.25. The zero-order valence-electron chi connectivity index (χ0n) is 20.5. The Kier molecular flexibility index (Phi) is 7.54. The molecule has 1 unspecified atom stereocenters. The van der Waals surface area contributed by atoms with Gasteiger partial charge < -0.3 is 15.4 Å². The van der Waals surface area contributed by atoms with Gasteiger partial charge in [-0.25, -0.2) is 0 Å². The van der Waals surface area contributed by atoms with Crippen LogP contribution in [0, 0.1) is 0 Å². The van der Waals surface area contributed by atoms with Crippen LogP contribution in [0.1, 0.15) is 110 Å². The lowest BCUT2D eigenvalue weighted by Gasteiger charge is -2.32. The minimum atomic E-state index is -0.379. The van der Waals surface area contributed by atoms with Crippen LogP contribution in [-0.4, -0.2) is 25.2 Å². The van der Waals surface area contributed by atoms with E-state index < -0.39 is 0 Å². The number of nitrogens with zero attached hydrogens (tertiary/aromatic N) is 1. The van der Waals surface area contributed by atoms with E-state index in [0.29, 0.717) is 17.4 Å². The average Bonchev–Trinajstić information content (AvgIpc) is 3.41. The molecule has 1 aliphatic heterocycles. The summed E-state index contributed by atoms with van der Waals surface area (Å²) in [5.74, 6) is 0.979. The van der Waals surface area contributed by atoms with E-state index in [1.54, 1.807) is 0 Å². The molecule has 3 aliphatic rings. The summed E-state index contributed by atoms with van der Waals surface area (Å²) in [5, 5.41) is 0. The van der Waals surface area contributed by atoms with Gasteiger partial charge in [-0.05, 0) is 97.9 Å². The van der Waals surface area contributed by atoms with E-state index in [1.807, 2.05) is 24.3 Å². The van der Waals surface area contributed by atoms with E-state index in [9.17, 15) is 4.79 Å². The first kappa shape index (κ1) is 23.4. The molecule has 34 heavy (non-hydrogen) atoms. The molecule has 0 bridgehead atoms. The van der Waals surface area contributed by atoms with E-state index in [0.717, 1.165) is 31.7 Å². The number of nitrogens with two attached hydrogens (primary N) is 1. The topological polar surface area (TPSA) is 55.6 Å². The molecular formula is C30H40N2O2. The fraction of sp³-hybridized carbons (Fsp3) is 0.567. The van der Waals surface area contributed by atoms with Crippen molar-refractivity contribution in [2.75, 3.05) is 18.1 Å². The average molecular weight is 461 g/mol. The Balaban J connectivity index is 1.54. The largest absolute Gasteiger partial charge is 0.376 e. The van der Waals surface area contributed by atoms with Crippen molar-refractivity contribution in [1.82, 2.24) is 0 Å². The molecule has 1 saturated heterocycles. The Morgan fingerprint density at radius 1 is 0.765 bits per heavy atom. The van der Waals surface area contributed by atoms with Crippen LogP contribution in [0.25, 0.3) is 0 Å². The molecule has 2 aliphatic carbocycles. The lowest BCUT2D eigenvalue weighted by Crippen LogP contribution is -2.28. The van der Waals surface area contributed by atoms with Gasteiger partial charge in [0.15, 0.2) is 0 Å². The number of anilines is 2. The van der Waals surface area contributed by atoms with Crippen LogP contribution in [-0.2, 0) is 4.74 Å². The normalized spacial score (nSPS) is 22.1. The van der Waals surface area contributed by atoms with Crippen LogP contribution < -0.4 is 10.6 Å². The van der Waals surface area contributed by atoms with Gasteiger partial charge in [-0.2, -0.15) is 0 Å². The molecule has 0 radical (unpaired) electrons. The van der Waals surface area contributed by atoms with Crippen molar-refractivity contribution in [3.63, 3.8) is 0 Å². The van der Waals surface area contributed by atoms with Gasteiger partial charge in [0.1, 0.15) is 0 Å². The molecule has 182 valence electrons. The third-order valence-electron chi connectivity index (χ3n) is 8.30. The number of amides is 1. The first-order valence-electron chi connectivity index (χ1n) is 13.6. The Labute approximate surface area is 204 Å². The molecule has 4 heteroatoms. The predicted molar refractivity (Wildman–Crippen MR) is 139 cm³/mol. The molecule has 2 N–H and O–H groups in total. The van der Waals surface area contributed by atoms with Crippen molar-refractivity contribution in [3.8, 4) is 0 Å². The summed E-state index contributed by atoms with van der Waals surface area (Å²) in [7, 11) is 0. The van der Waals surface area contributed by atoms with Gasteiger partial charge >= 0.3 is 0 Å². The standard InChI is InChI=1S/C30H40N2O2/c31-30(33)24-13-15-27(16-14-24)32(21-29-12-7-17-34-29)28-19-25(22-8-3-1-4-9-22)18-26(20-28)23-10-5-2-6-11-23/h13-16,18-20,22-23,29H,1-12,17,21H2,(H2,31,33). The Hall–Kier alpha value is -2.33. The van der Waals surface area contributed by atoms with Crippen LogP contribution in [0.4, 0.5) is 11.4 Å². The van der Waals surface area contributed by atoms with Crippen LogP contribution in [0.15, 0.2) is 42.5 Å². The molecule has 2 aromatic carbocycles. The summed E-state index contributed by atoms with van der Waals surface area (Å²) >= 11 is 0. The molecule has 2 saturated carbocycles. The van der Waals surface area contributed by atoms with Crippen LogP contribution in [0.3, 0.4) is 0 Å². The number of ether oxygens (including phenoxy) is 1. The van der Waals surface area contributed by atoms with Crippen molar-refractivity contribution >= 4 is 17.3 Å². The third kappa shape index (κ3) is 5.49. The summed E-state index contributed by atoms with van der Waals surface area (Å²) in [4.78, 5) is 14.1. The van der Waals surface area contributed by atoms with Crippen LogP contribution in [0.5, 0.6) is 0 Å². The minimum Gasteiger partial charge on any atom is -0.376 e. The number of primary amides is 1. The van der Waals surface area contributed by atoms with Crippen molar-refractivity contribution in [2.24, 2.45) is 5.73 Å². The fourth-order valence-corrected chi connectivity index (χ4v) is 6.32. The van der Waals surface area contributed by atoms with Crippen molar-refractivity contribution < 1.29 is 9.53 Å². The number of hydrogen-bond donors (Lipinski definition) is 1. The van der Waals surface area contributed by atoms with Gasteiger partial charge in [0.2, 0.25) is 5.91 Å². The van der Waals surface area contributed by atoms with Gasteiger partial charge in [0.25, 0.3) is 0 Å². The molecule has 5 rings (SSSR count). The van der Waals surface area contributed by atoms with E-state index in [-0.39, 0.29) is 12.0 Å². The molecule has 1 heterocycles. The maximum Gasteiger partial charge on any atom is 0.248 e. The molecule has 0 spiro atoms. The third-order valence-corrected chi connectivity index (χ3v) is 8.30. The van der Waals surface area contributed by atoms with Crippen molar-refractivity contribution in [1.29, 1.82) is 0 Å². The molecule has 1 amide bonds. The molecule has 0 aromatic heterocycles. The Bertz CT molecular complexity index is 916. The Morgan fingerprint density at radius 2 is 1.35 bits per heavy atom. The highest BCUT2D eigenvalue weighted by molar-refractivity contribution is 5.93. The van der Waals surface area contributed by atoms with Crippen LogP contribution in [0.2, 0.25) is 0 Å². The number of carbonyl (C=O) groups is 1. The van der Waals surface area contributed by atoms with Gasteiger partial charge in [0.05, 0.1) is 6.10 Å². The van der Waals surface area contributed by atoms with Crippen molar-refractivity contribution in [2.45, 2.75) is 95.0 Å². The highest BCUT2D eigenvalue weighted by atomic mass is 16.5. The predicted octanol–water partition coefficient (Wildman–Crippen LogP) is 7.20. The summed E-state index contributed by atoms with van der Waals surface area (Å²) in [6.07, 6.45) is 15.9. The van der Waals surface area contributed by atoms with E-state index in [4.69, 9.17) is 10.5 Å².